The van der Waals surface area contributed by atoms with Crippen molar-refractivity contribution in [3.8, 4) is 0 Å². The van der Waals surface area contributed by atoms with Crippen LogP contribution in [0.15, 0.2) is 0 Å². The van der Waals surface area contributed by atoms with Crippen LogP contribution in [-0.4, -0.2) is 87.1 Å². The Kier molecular flexibility index (Phi) is 21.7. The van der Waals surface area contributed by atoms with Crippen LogP contribution in [0.1, 0.15) is 182 Å². The Morgan fingerprint density at radius 3 is 0.679 bits per heavy atom. The van der Waals surface area contributed by atoms with Crippen molar-refractivity contribution >= 4 is 34.2 Å². The second kappa shape index (κ2) is 25.5. The lowest BCUT2D eigenvalue weighted by atomic mass is 10.0. The van der Waals surface area contributed by atoms with Crippen molar-refractivity contribution in [3.05, 3.63) is 0 Å². The molecular formula is C44H88O8Si4. The molecular weight excluding hydrogens is 769 g/mol. The van der Waals surface area contributed by atoms with Gasteiger partial charge in [0.2, 0.25) is 0 Å². The summed E-state index contributed by atoms with van der Waals surface area (Å²) >= 11 is 0. The SMILES string of the molecule is CCCOCC[Si]1(C2CCCCC2)O[Si](CCOCCC)(C2CCCCC2)O[Si](CCOCCC)(C2CCCCC2)O[Si](CCOCCC)(C2CCCCC2)O1. The summed E-state index contributed by atoms with van der Waals surface area (Å²) in [7, 11) is -12.1. The first-order valence-corrected chi connectivity index (χ1v) is 33.0. The first-order valence-electron chi connectivity index (χ1n) is 24.6. The van der Waals surface area contributed by atoms with Crippen LogP contribution in [0.4, 0.5) is 0 Å². The lowest BCUT2D eigenvalue weighted by Gasteiger charge is -2.60. The summed E-state index contributed by atoms with van der Waals surface area (Å²) in [6, 6.07) is 3.60. The molecule has 0 radical (unpaired) electrons. The molecule has 1 saturated heterocycles. The molecule has 4 aliphatic carbocycles. The highest BCUT2D eigenvalue weighted by Crippen LogP contribution is 2.57. The number of hydrogen-bond donors (Lipinski definition) is 0. The molecule has 328 valence electrons. The van der Waals surface area contributed by atoms with Crippen LogP contribution in [0.25, 0.3) is 0 Å². The summed E-state index contributed by atoms with van der Waals surface area (Å²) in [5.41, 5.74) is 1.79. The lowest BCUT2D eigenvalue weighted by molar-refractivity contribution is 0.108. The fourth-order valence-electron chi connectivity index (χ4n) is 11.2. The Labute approximate surface area is 349 Å². The normalized spacial score (nSPS) is 32.4. The summed E-state index contributed by atoms with van der Waals surface area (Å²) in [5, 5.41) is 0. The Morgan fingerprint density at radius 1 is 0.304 bits per heavy atom. The van der Waals surface area contributed by atoms with Gasteiger partial charge in [0.1, 0.15) is 0 Å². The largest absolute Gasteiger partial charge is 0.415 e. The lowest BCUT2D eigenvalue weighted by Crippen LogP contribution is -2.74. The number of ether oxygens (including phenoxy) is 4. The molecule has 0 unspecified atom stereocenters. The molecule has 0 aromatic carbocycles. The van der Waals surface area contributed by atoms with Gasteiger partial charge in [-0.3, -0.25) is 0 Å². The highest BCUT2D eigenvalue weighted by atomic mass is 28.5. The minimum Gasteiger partial charge on any atom is -0.415 e. The van der Waals surface area contributed by atoms with E-state index < -0.39 is 34.2 Å². The standard InChI is InChI=1S/C44H88O8Si4/c1-5-29-45-33-37-53(41-21-13-9-14-22-41)49-54(38-34-46-30-6-2,42-23-15-10-16-24-42)51-56(40-36-48-32-8-4,44-27-19-12-20-28-44)52-55(50-53,39-35-47-31-7-3)43-25-17-11-18-26-43/h41-44H,5-40H2,1-4H3. The number of hydrogen-bond acceptors (Lipinski definition) is 8. The molecule has 4 saturated carbocycles. The summed E-state index contributed by atoms with van der Waals surface area (Å²) in [6.07, 6.45) is 29.3. The minimum atomic E-state index is -3.02. The second-order valence-electron chi connectivity index (χ2n) is 18.4. The average molecular weight is 858 g/mol. The molecule has 0 bridgehead atoms. The third-order valence-corrected chi connectivity index (χ3v) is 36.0. The van der Waals surface area contributed by atoms with E-state index in [2.05, 4.69) is 27.7 Å². The van der Waals surface area contributed by atoms with Crippen molar-refractivity contribution in [3.63, 3.8) is 0 Å². The van der Waals surface area contributed by atoms with Crippen molar-refractivity contribution in [2.75, 3.05) is 52.9 Å². The van der Waals surface area contributed by atoms with Gasteiger partial charge in [-0.1, -0.05) is 105 Å². The third kappa shape index (κ3) is 13.3. The van der Waals surface area contributed by atoms with Crippen molar-refractivity contribution in [1.82, 2.24) is 0 Å². The molecule has 0 aromatic rings. The van der Waals surface area contributed by atoms with E-state index >= 15 is 0 Å². The van der Waals surface area contributed by atoms with Crippen molar-refractivity contribution in [2.24, 2.45) is 0 Å². The van der Waals surface area contributed by atoms with Crippen LogP contribution >= 0.6 is 0 Å². The summed E-state index contributed by atoms with van der Waals surface area (Å²) in [6.45, 7) is 15.0. The van der Waals surface area contributed by atoms with E-state index in [1.54, 1.807) is 0 Å². The van der Waals surface area contributed by atoms with Gasteiger partial charge >= 0.3 is 34.2 Å². The zero-order chi connectivity index (χ0) is 39.4. The van der Waals surface area contributed by atoms with Crippen molar-refractivity contribution < 1.29 is 35.4 Å². The van der Waals surface area contributed by atoms with Gasteiger partial charge in [-0.05, 0) is 77.0 Å². The highest BCUT2D eigenvalue weighted by Gasteiger charge is 2.68. The van der Waals surface area contributed by atoms with E-state index in [1.807, 2.05) is 0 Å². The van der Waals surface area contributed by atoms with Crippen LogP contribution in [0.3, 0.4) is 0 Å². The Balaban J connectivity index is 1.74. The van der Waals surface area contributed by atoms with Gasteiger partial charge < -0.3 is 35.4 Å². The average Bonchev–Trinajstić information content (AvgIpc) is 3.24. The Bertz CT molecular complexity index is 865. The second-order valence-corrected chi connectivity index (χ2v) is 33.5. The van der Waals surface area contributed by atoms with Crippen LogP contribution in [0.2, 0.25) is 46.3 Å². The molecule has 1 heterocycles. The molecule has 12 heteroatoms. The van der Waals surface area contributed by atoms with Gasteiger partial charge in [-0.15, -0.1) is 0 Å². The van der Waals surface area contributed by atoms with Gasteiger partial charge in [0.25, 0.3) is 0 Å². The molecule has 0 amide bonds. The molecule has 0 aromatic heterocycles. The van der Waals surface area contributed by atoms with Gasteiger partial charge in [0.05, 0.1) is 0 Å². The molecule has 0 N–H and O–H groups in total. The zero-order valence-electron chi connectivity index (χ0n) is 37.0. The van der Waals surface area contributed by atoms with Gasteiger partial charge in [0, 0.05) is 99.2 Å². The van der Waals surface area contributed by atoms with Gasteiger partial charge in [0.15, 0.2) is 0 Å². The van der Waals surface area contributed by atoms with Gasteiger partial charge in [-0.2, -0.15) is 0 Å². The number of rotatable bonds is 24. The molecule has 8 nitrogen and oxygen atoms in total. The monoisotopic (exact) mass is 857 g/mol. The van der Waals surface area contributed by atoms with Crippen LogP contribution < -0.4 is 0 Å². The predicted octanol–water partition coefficient (Wildman–Crippen LogP) is 12.9. The first kappa shape index (κ1) is 47.6. The molecule has 5 aliphatic rings. The van der Waals surface area contributed by atoms with Crippen LogP contribution in [0.5, 0.6) is 0 Å². The zero-order valence-corrected chi connectivity index (χ0v) is 41.0. The minimum absolute atomic E-state index is 0.449. The van der Waals surface area contributed by atoms with Crippen LogP contribution in [-0.2, 0) is 35.4 Å². The van der Waals surface area contributed by atoms with Crippen molar-refractivity contribution in [1.29, 1.82) is 0 Å². The van der Waals surface area contributed by atoms with E-state index in [1.165, 1.54) is 128 Å². The quantitative estimate of drug-likeness (QED) is 0.0702. The molecule has 5 fully saturated rings. The van der Waals surface area contributed by atoms with Crippen LogP contribution in [0, 0.1) is 0 Å². The van der Waals surface area contributed by atoms with E-state index in [0.29, 0.717) is 22.2 Å². The maximum absolute atomic E-state index is 8.63. The molecule has 0 spiro atoms. The Morgan fingerprint density at radius 2 is 0.500 bits per heavy atom. The van der Waals surface area contributed by atoms with Gasteiger partial charge in [-0.25, -0.2) is 0 Å². The Hall–Kier alpha value is 0.548. The smallest absolute Gasteiger partial charge is 0.326 e. The van der Waals surface area contributed by atoms with E-state index in [9.17, 15) is 0 Å². The van der Waals surface area contributed by atoms with E-state index in [0.717, 1.165) is 103 Å². The fourth-order valence-corrected chi connectivity index (χ4v) is 39.8. The summed E-state index contributed by atoms with van der Waals surface area (Å²) < 4.78 is 60.6. The molecule has 56 heavy (non-hydrogen) atoms. The molecule has 5 rings (SSSR count). The predicted molar refractivity (Wildman–Crippen MR) is 238 cm³/mol. The van der Waals surface area contributed by atoms with Crippen molar-refractivity contribution in [2.45, 2.75) is 228 Å². The highest BCUT2D eigenvalue weighted by molar-refractivity contribution is 6.96. The summed E-state index contributed by atoms with van der Waals surface area (Å²) in [4.78, 5) is 0. The van der Waals surface area contributed by atoms with E-state index in [-0.39, 0.29) is 0 Å². The van der Waals surface area contributed by atoms with E-state index in [4.69, 9.17) is 35.4 Å². The summed E-state index contributed by atoms with van der Waals surface area (Å²) in [5.74, 6) is 0. The molecule has 1 aliphatic heterocycles. The molecule has 0 atom stereocenters. The first-order chi connectivity index (χ1) is 27.5. The third-order valence-electron chi connectivity index (χ3n) is 14.1. The maximum Gasteiger partial charge on any atom is 0.326 e. The maximum atomic E-state index is 8.63. The fraction of sp³-hybridized carbons (Fsp3) is 1.00. The topological polar surface area (TPSA) is 73.8 Å².